The minimum atomic E-state index is 0.551. The van der Waals surface area contributed by atoms with Gasteiger partial charge >= 0.3 is 0 Å². The Labute approximate surface area is 105 Å². The Hall–Kier alpha value is -0.120. The van der Waals surface area contributed by atoms with Crippen LogP contribution in [0.25, 0.3) is 6.08 Å². The van der Waals surface area contributed by atoms with Crippen LogP contribution in [0.2, 0.25) is 0 Å². The SMILES string of the molecule is CCC(=Cc1cc(Br)cs1)CNC(C)C. The van der Waals surface area contributed by atoms with Crippen molar-refractivity contribution in [1.82, 2.24) is 5.32 Å². The second kappa shape index (κ2) is 6.46. The first-order valence-corrected chi connectivity index (χ1v) is 6.96. The smallest absolute Gasteiger partial charge is 0.0288 e. The number of nitrogens with one attached hydrogen (secondary N) is 1. The normalized spacial score (nSPS) is 12.5. The Kier molecular flexibility index (Phi) is 5.58. The van der Waals surface area contributed by atoms with E-state index >= 15 is 0 Å². The van der Waals surface area contributed by atoms with Crippen molar-refractivity contribution in [1.29, 1.82) is 0 Å². The summed E-state index contributed by atoms with van der Waals surface area (Å²) in [6.07, 6.45) is 3.39. The molecule has 0 unspecified atom stereocenters. The van der Waals surface area contributed by atoms with E-state index in [1.807, 2.05) is 0 Å². The molecule has 0 saturated heterocycles. The zero-order chi connectivity index (χ0) is 11.3. The van der Waals surface area contributed by atoms with Crippen LogP contribution in [0.4, 0.5) is 0 Å². The molecule has 1 heterocycles. The maximum Gasteiger partial charge on any atom is 0.0288 e. The van der Waals surface area contributed by atoms with Crippen LogP contribution in [-0.2, 0) is 0 Å². The van der Waals surface area contributed by atoms with Crippen molar-refractivity contribution in [2.24, 2.45) is 0 Å². The molecule has 84 valence electrons. The van der Waals surface area contributed by atoms with E-state index in [1.165, 1.54) is 14.9 Å². The molecule has 0 atom stereocenters. The predicted molar refractivity (Wildman–Crippen MR) is 73.4 cm³/mol. The fraction of sp³-hybridized carbons (Fsp3) is 0.500. The van der Waals surface area contributed by atoms with Gasteiger partial charge in [-0.25, -0.2) is 0 Å². The lowest BCUT2D eigenvalue weighted by Crippen LogP contribution is -2.24. The standard InChI is InChI=1S/C12H18BrNS/c1-4-10(7-14-9(2)3)5-12-6-11(13)8-15-12/h5-6,8-9,14H,4,7H2,1-3H3. The monoisotopic (exact) mass is 287 g/mol. The second-order valence-corrected chi connectivity index (χ2v) is 5.72. The summed E-state index contributed by atoms with van der Waals surface area (Å²) in [5.41, 5.74) is 1.46. The predicted octanol–water partition coefficient (Wildman–Crippen LogP) is 4.30. The molecule has 1 aromatic rings. The van der Waals surface area contributed by atoms with Crippen LogP contribution >= 0.6 is 27.3 Å². The third kappa shape index (κ3) is 4.96. The van der Waals surface area contributed by atoms with Crippen LogP contribution in [0.1, 0.15) is 32.1 Å². The van der Waals surface area contributed by atoms with Gasteiger partial charge in [-0.1, -0.05) is 26.3 Å². The van der Waals surface area contributed by atoms with Gasteiger partial charge in [0.2, 0.25) is 0 Å². The number of hydrogen-bond donors (Lipinski definition) is 1. The molecule has 0 aliphatic rings. The summed E-state index contributed by atoms with van der Waals surface area (Å²) in [5.74, 6) is 0. The molecule has 0 aliphatic carbocycles. The van der Waals surface area contributed by atoms with E-state index < -0.39 is 0 Å². The molecule has 0 amide bonds. The quantitative estimate of drug-likeness (QED) is 0.851. The van der Waals surface area contributed by atoms with Crippen molar-refractivity contribution >= 4 is 33.3 Å². The minimum absolute atomic E-state index is 0.551. The fourth-order valence-electron chi connectivity index (χ4n) is 1.22. The zero-order valence-corrected chi connectivity index (χ0v) is 11.9. The van der Waals surface area contributed by atoms with Gasteiger partial charge in [-0.2, -0.15) is 0 Å². The van der Waals surface area contributed by atoms with Crippen LogP contribution < -0.4 is 5.32 Å². The highest BCUT2D eigenvalue weighted by molar-refractivity contribution is 9.10. The Morgan fingerprint density at radius 3 is 2.80 bits per heavy atom. The molecule has 1 N–H and O–H groups in total. The van der Waals surface area contributed by atoms with E-state index in [0.29, 0.717) is 6.04 Å². The lowest BCUT2D eigenvalue weighted by atomic mass is 10.1. The number of thiophene rings is 1. The summed E-state index contributed by atoms with van der Waals surface area (Å²) < 4.78 is 1.17. The Morgan fingerprint density at radius 1 is 1.60 bits per heavy atom. The molecule has 0 fully saturated rings. The molecule has 0 aromatic carbocycles. The van der Waals surface area contributed by atoms with Gasteiger partial charge in [0.1, 0.15) is 0 Å². The van der Waals surface area contributed by atoms with E-state index in [9.17, 15) is 0 Å². The molecule has 0 saturated carbocycles. The zero-order valence-electron chi connectivity index (χ0n) is 9.51. The maximum absolute atomic E-state index is 3.47. The molecular weight excluding hydrogens is 270 g/mol. The summed E-state index contributed by atoms with van der Waals surface area (Å²) in [6.45, 7) is 7.55. The van der Waals surface area contributed by atoms with Crippen LogP contribution in [0.15, 0.2) is 21.5 Å². The highest BCUT2D eigenvalue weighted by Crippen LogP contribution is 2.22. The van der Waals surface area contributed by atoms with Crippen molar-refractivity contribution in [3.8, 4) is 0 Å². The van der Waals surface area contributed by atoms with Gasteiger partial charge in [0, 0.05) is 27.3 Å². The van der Waals surface area contributed by atoms with Gasteiger partial charge in [-0.3, -0.25) is 0 Å². The molecule has 1 rings (SSSR count). The van der Waals surface area contributed by atoms with Crippen molar-refractivity contribution < 1.29 is 0 Å². The first-order chi connectivity index (χ1) is 7.11. The lowest BCUT2D eigenvalue weighted by Gasteiger charge is -2.09. The Bertz CT molecular complexity index is 328. The third-order valence-electron chi connectivity index (χ3n) is 2.13. The summed E-state index contributed by atoms with van der Waals surface area (Å²) in [4.78, 5) is 1.32. The highest BCUT2D eigenvalue weighted by atomic mass is 79.9. The summed E-state index contributed by atoms with van der Waals surface area (Å²) in [6, 6.07) is 2.71. The van der Waals surface area contributed by atoms with Gasteiger partial charge in [0.25, 0.3) is 0 Å². The summed E-state index contributed by atoms with van der Waals surface area (Å²) >= 11 is 5.25. The van der Waals surface area contributed by atoms with Crippen molar-refractivity contribution in [2.45, 2.75) is 33.2 Å². The molecule has 0 aliphatic heterocycles. The van der Waals surface area contributed by atoms with Crippen LogP contribution in [0.3, 0.4) is 0 Å². The molecule has 1 aromatic heterocycles. The average molecular weight is 288 g/mol. The Balaban J connectivity index is 2.61. The van der Waals surface area contributed by atoms with Crippen molar-refractivity contribution in [3.63, 3.8) is 0 Å². The van der Waals surface area contributed by atoms with Crippen LogP contribution in [-0.4, -0.2) is 12.6 Å². The molecule has 1 nitrogen and oxygen atoms in total. The van der Waals surface area contributed by atoms with E-state index in [2.05, 4.69) is 59.5 Å². The topological polar surface area (TPSA) is 12.0 Å². The first kappa shape index (κ1) is 12.9. The van der Waals surface area contributed by atoms with E-state index in [1.54, 1.807) is 11.3 Å². The fourth-order valence-corrected chi connectivity index (χ4v) is 2.64. The van der Waals surface area contributed by atoms with Crippen LogP contribution in [0.5, 0.6) is 0 Å². The van der Waals surface area contributed by atoms with Gasteiger partial charge in [-0.05, 0) is 34.5 Å². The summed E-state index contributed by atoms with van der Waals surface area (Å²) in [5, 5.41) is 5.57. The first-order valence-electron chi connectivity index (χ1n) is 5.28. The van der Waals surface area contributed by atoms with Crippen molar-refractivity contribution in [3.05, 3.63) is 26.4 Å². The van der Waals surface area contributed by atoms with E-state index in [-0.39, 0.29) is 0 Å². The van der Waals surface area contributed by atoms with E-state index in [0.717, 1.165) is 13.0 Å². The largest absolute Gasteiger partial charge is 0.311 e. The number of rotatable bonds is 5. The average Bonchev–Trinajstić information content (AvgIpc) is 2.58. The van der Waals surface area contributed by atoms with Gasteiger partial charge in [-0.15, -0.1) is 11.3 Å². The maximum atomic E-state index is 3.47. The van der Waals surface area contributed by atoms with Crippen LogP contribution in [0, 0.1) is 0 Å². The minimum Gasteiger partial charge on any atom is -0.311 e. The second-order valence-electron chi connectivity index (χ2n) is 3.86. The van der Waals surface area contributed by atoms with Crippen molar-refractivity contribution in [2.75, 3.05) is 6.54 Å². The summed E-state index contributed by atoms with van der Waals surface area (Å²) in [7, 11) is 0. The molecule has 0 bridgehead atoms. The number of halogens is 1. The molecule has 0 radical (unpaired) electrons. The van der Waals surface area contributed by atoms with E-state index in [4.69, 9.17) is 0 Å². The van der Waals surface area contributed by atoms with Gasteiger partial charge in [0.15, 0.2) is 0 Å². The Morgan fingerprint density at radius 2 is 2.33 bits per heavy atom. The van der Waals surface area contributed by atoms with Gasteiger partial charge in [0.05, 0.1) is 0 Å². The molecule has 0 spiro atoms. The molecular formula is C12H18BrNS. The highest BCUT2D eigenvalue weighted by Gasteiger charge is 1.99. The molecule has 15 heavy (non-hydrogen) atoms. The third-order valence-corrected chi connectivity index (χ3v) is 3.77. The molecule has 3 heteroatoms. The van der Waals surface area contributed by atoms with Gasteiger partial charge < -0.3 is 5.32 Å². The lowest BCUT2D eigenvalue weighted by molar-refractivity contribution is 0.617. The number of hydrogen-bond acceptors (Lipinski definition) is 2.